The Bertz CT molecular complexity index is 243. The maximum atomic E-state index is 3.45. The minimum Gasteiger partial charge on any atom is -0.0785 e. The van der Waals surface area contributed by atoms with Crippen LogP contribution in [-0.4, -0.2) is 12.8 Å². The third-order valence-corrected chi connectivity index (χ3v) is 4.81. The van der Waals surface area contributed by atoms with Crippen molar-refractivity contribution in [2.45, 2.75) is 19.8 Å². The number of unbranched alkanes of at least 4 members (excludes halogenated alkanes) is 1. The van der Waals surface area contributed by atoms with E-state index < -0.39 is 0 Å². The molecule has 0 saturated carbocycles. The van der Waals surface area contributed by atoms with Gasteiger partial charge in [-0.25, -0.2) is 0 Å². The van der Waals surface area contributed by atoms with Crippen molar-refractivity contribution in [1.29, 1.82) is 0 Å². The van der Waals surface area contributed by atoms with Crippen molar-refractivity contribution in [1.82, 2.24) is 0 Å². The molecule has 0 aromatic heterocycles. The normalized spacial score (nSPS) is 12.8. The Kier molecular flexibility index (Phi) is 4.98. The third kappa shape index (κ3) is 3.79. The highest BCUT2D eigenvalue weighted by Crippen LogP contribution is 2.30. The zero-order valence-corrected chi connectivity index (χ0v) is 10.7. The topological polar surface area (TPSA) is 0 Å². The van der Waals surface area contributed by atoms with Crippen molar-refractivity contribution in [3.8, 4) is 0 Å². The average Bonchev–Trinajstić information content (AvgIpc) is 2.15. The van der Waals surface area contributed by atoms with Crippen molar-refractivity contribution in [2.75, 3.05) is 12.8 Å². The Morgan fingerprint density at radius 1 is 1.23 bits per heavy atom. The van der Waals surface area contributed by atoms with Gasteiger partial charge in [-0.05, 0) is 36.7 Å². The molecule has 0 fully saturated rings. The van der Waals surface area contributed by atoms with Gasteiger partial charge in [0.05, 0.1) is 0 Å². The van der Waals surface area contributed by atoms with Crippen LogP contribution in [0.25, 0.3) is 0 Å². The first kappa shape index (κ1) is 11.2. The molecule has 1 rings (SSSR count). The summed E-state index contributed by atoms with van der Waals surface area (Å²) in [4.78, 5) is 0. The molecule has 0 radical (unpaired) electrons. The number of rotatable bonds is 4. The Balaban J connectivity index is 2.55. The lowest BCUT2D eigenvalue weighted by atomic mass is 10.4. The van der Waals surface area contributed by atoms with Crippen molar-refractivity contribution in [3.05, 3.63) is 28.7 Å². The second kappa shape index (κ2) is 5.78. The van der Waals surface area contributed by atoms with E-state index in [0.29, 0.717) is 0 Å². The molecule has 13 heavy (non-hydrogen) atoms. The fourth-order valence-corrected chi connectivity index (χ4v) is 3.19. The van der Waals surface area contributed by atoms with Crippen LogP contribution in [0.4, 0.5) is 0 Å². The van der Waals surface area contributed by atoms with Crippen LogP contribution >= 0.6 is 23.9 Å². The fraction of sp³-hybridized carbons (Fsp3) is 0.455. The van der Waals surface area contributed by atoms with E-state index in [1.54, 1.807) is 0 Å². The standard InChI is InChI=1S/C11H16BrP/c1-3-4-9-13(2)11-7-5-10(12)6-8-11/h5-8H,3-4,9H2,1-2H3. The van der Waals surface area contributed by atoms with Crippen LogP contribution in [-0.2, 0) is 0 Å². The molecule has 72 valence electrons. The minimum atomic E-state index is 0.0852. The number of hydrogen-bond donors (Lipinski definition) is 0. The molecule has 2 heteroatoms. The van der Waals surface area contributed by atoms with Gasteiger partial charge in [0.2, 0.25) is 0 Å². The molecular formula is C11H16BrP. The lowest BCUT2D eigenvalue weighted by Gasteiger charge is -2.11. The van der Waals surface area contributed by atoms with E-state index in [-0.39, 0.29) is 7.92 Å². The van der Waals surface area contributed by atoms with Crippen molar-refractivity contribution < 1.29 is 0 Å². The number of hydrogen-bond acceptors (Lipinski definition) is 0. The van der Waals surface area contributed by atoms with Crippen LogP contribution in [0.5, 0.6) is 0 Å². The molecule has 0 aliphatic carbocycles. The molecule has 1 atom stereocenters. The van der Waals surface area contributed by atoms with E-state index in [2.05, 4.69) is 53.8 Å². The van der Waals surface area contributed by atoms with Crippen LogP contribution in [0.15, 0.2) is 28.7 Å². The Hall–Kier alpha value is 0.130. The van der Waals surface area contributed by atoms with Gasteiger partial charge < -0.3 is 0 Å². The van der Waals surface area contributed by atoms with Crippen LogP contribution in [0.3, 0.4) is 0 Å². The first-order chi connectivity index (χ1) is 6.24. The molecule has 1 unspecified atom stereocenters. The minimum absolute atomic E-state index is 0.0852. The predicted molar refractivity (Wildman–Crippen MR) is 66.4 cm³/mol. The Labute approximate surface area is 90.6 Å². The fourth-order valence-electron chi connectivity index (χ4n) is 1.22. The summed E-state index contributed by atoms with van der Waals surface area (Å²) >= 11 is 3.45. The van der Waals surface area contributed by atoms with E-state index in [0.717, 1.165) is 0 Å². The molecule has 0 amide bonds. The van der Waals surface area contributed by atoms with E-state index in [1.807, 2.05) is 0 Å². The zero-order valence-electron chi connectivity index (χ0n) is 8.26. The van der Waals surface area contributed by atoms with E-state index in [9.17, 15) is 0 Å². The van der Waals surface area contributed by atoms with Crippen LogP contribution < -0.4 is 5.30 Å². The third-order valence-electron chi connectivity index (χ3n) is 2.11. The molecule has 1 aromatic rings. The van der Waals surface area contributed by atoms with Gasteiger partial charge in [0, 0.05) is 4.47 Å². The highest BCUT2D eigenvalue weighted by Gasteiger charge is 2.02. The molecule has 0 aliphatic heterocycles. The summed E-state index contributed by atoms with van der Waals surface area (Å²) in [6, 6.07) is 8.76. The van der Waals surface area contributed by atoms with Gasteiger partial charge in [-0.15, -0.1) is 0 Å². The second-order valence-corrected chi connectivity index (χ2v) is 6.53. The summed E-state index contributed by atoms with van der Waals surface area (Å²) in [5, 5.41) is 1.52. The lowest BCUT2D eigenvalue weighted by Crippen LogP contribution is -2.01. The zero-order chi connectivity index (χ0) is 9.68. The average molecular weight is 259 g/mol. The maximum Gasteiger partial charge on any atom is 0.0175 e. The maximum absolute atomic E-state index is 3.45. The van der Waals surface area contributed by atoms with Crippen LogP contribution in [0, 0.1) is 0 Å². The summed E-state index contributed by atoms with van der Waals surface area (Å²) in [6.07, 6.45) is 4.04. The monoisotopic (exact) mass is 258 g/mol. The van der Waals surface area contributed by atoms with Crippen molar-refractivity contribution in [2.24, 2.45) is 0 Å². The van der Waals surface area contributed by atoms with Crippen molar-refractivity contribution >= 4 is 29.2 Å². The molecular weight excluding hydrogens is 243 g/mol. The molecule has 0 nitrogen and oxygen atoms in total. The highest BCUT2D eigenvalue weighted by atomic mass is 79.9. The van der Waals surface area contributed by atoms with Gasteiger partial charge in [-0.1, -0.05) is 49.3 Å². The molecule has 0 bridgehead atoms. The van der Waals surface area contributed by atoms with Gasteiger partial charge in [0.1, 0.15) is 0 Å². The first-order valence-electron chi connectivity index (χ1n) is 4.70. The molecule has 0 aliphatic rings. The van der Waals surface area contributed by atoms with E-state index >= 15 is 0 Å². The van der Waals surface area contributed by atoms with Crippen molar-refractivity contribution in [3.63, 3.8) is 0 Å². The first-order valence-corrected chi connectivity index (χ1v) is 7.47. The lowest BCUT2D eigenvalue weighted by molar-refractivity contribution is 0.893. The Morgan fingerprint density at radius 3 is 2.38 bits per heavy atom. The molecule has 0 spiro atoms. The molecule has 0 N–H and O–H groups in total. The van der Waals surface area contributed by atoms with Gasteiger partial charge in [-0.2, -0.15) is 0 Å². The van der Waals surface area contributed by atoms with Crippen LogP contribution in [0.2, 0.25) is 0 Å². The van der Waals surface area contributed by atoms with Crippen LogP contribution in [0.1, 0.15) is 19.8 Å². The molecule has 1 aromatic carbocycles. The quantitative estimate of drug-likeness (QED) is 0.717. The summed E-state index contributed by atoms with van der Waals surface area (Å²) in [6.45, 7) is 4.62. The summed E-state index contributed by atoms with van der Waals surface area (Å²) in [7, 11) is 0.0852. The smallest absolute Gasteiger partial charge is 0.0175 e. The van der Waals surface area contributed by atoms with Gasteiger partial charge in [-0.3, -0.25) is 0 Å². The van der Waals surface area contributed by atoms with Gasteiger partial charge in [0.15, 0.2) is 0 Å². The second-order valence-electron chi connectivity index (χ2n) is 3.25. The summed E-state index contributed by atoms with van der Waals surface area (Å²) in [5.74, 6) is 0. The highest BCUT2D eigenvalue weighted by molar-refractivity contribution is 9.10. The van der Waals surface area contributed by atoms with E-state index in [4.69, 9.17) is 0 Å². The van der Waals surface area contributed by atoms with Gasteiger partial charge >= 0.3 is 0 Å². The molecule has 0 heterocycles. The number of halogens is 1. The van der Waals surface area contributed by atoms with Gasteiger partial charge in [0.25, 0.3) is 0 Å². The summed E-state index contributed by atoms with van der Waals surface area (Å²) in [5.41, 5.74) is 0. The molecule has 0 saturated heterocycles. The van der Waals surface area contributed by atoms with E-state index in [1.165, 1.54) is 28.8 Å². The summed E-state index contributed by atoms with van der Waals surface area (Å²) < 4.78 is 1.18. The number of benzene rings is 1. The Morgan fingerprint density at radius 2 is 1.85 bits per heavy atom. The SMILES string of the molecule is CCCCP(C)c1ccc(Br)cc1. The largest absolute Gasteiger partial charge is 0.0785 e. The predicted octanol–water partition coefficient (Wildman–Crippen LogP) is 3.99.